The molecule has 33 heavy (non-hydrogen) atoms. The molecule has 1 saturated heterocycles. The minimum absolute atomic E-state index is 0.230. The van der Waals surface area contributed by atoms with Crippen molar-refractivity contribution < 1.29 is 5.11 Å². The molecule has 180 valence electrons. The van der Waals surface area contributed by atoms with Crippen molar-refractivity contribution >= 4 is 23.5 Å². The molecule has 4 rings (SSSR count). The number of piperazine rings is 1. The fourth-order valence-corrected chi connectivity index (χ4v) is 4.36. The highest BCUT2D eigenvalue weighted by atomic mass is 16.3. The Bertz CT molecular complexity index is 856. The minimum Gasteiger partial charge on any atom is -0.395 e. The SMILES string of the molecule is CC1CCCCC1.CN=Cc1cnc(Nc2ccc(N3CCN(CCO)CC3)cc2)nc1C. The number of rotatable bonds is 6. The Labute approximate surface area is 199 Å². The molecule has 1 aliphatic carbocycles. The third kappa shape index (κ3) is 8.09. The number of β-amino-alcohol motifs (C(OH)–C–C–N with tert-alkyl or cyclic N) is 1. The number of anilines is 3. The Morgan fingerprint density at radius 1 is 1.09 bits per heavy atom. The van der Waals surface area contributed by atoms with Crippen LogP contribution in [0.25, 0.3) is 0 Å². The normalized spacial score (nSPS) is 17.6. The minimum atomic E-state index is 0.230. The number of aliphatic hydroxyl groups is 1. The fourth-order valence-electron chi connectivity index (χ4n) is 4.36. The van der Waals surface area contributed by atoms with E-state index in [-0.39, 0.29) is 6.61 Å². The van der Waals surface area contributed by atoms with E-state index in [4.69, 9.17) is 5.11 Å². The Morgan fingerprint density at radius 2 is 1.79 bits per heavy atom. The molecule has 0 spiro atoms. The van der Waals surface area contributed by atoms with Crippen molar-refractivity contribution in [3.05, 3.63) is 41.7 Å². The smallest absolute Gasteiger partial charge is 0.227 e. The lowest BCUT2D eigenvalue weighted by Crippen LogP contribution is -2.47. The van der Waals surface area contributed by atoms with Gasteiger partial charge in [0, 0.05) is 69.1 Å². The summed E-state index contributed by atoms with van der Waals surface area (Å²) in [4.78, 5) is 17.5. The lowest BCUT2D eigenvalue weighted by atomic mass is 9.91. The van der Waals surface area contributed by atoms with Crippen LogP contribution in [-0.4, -0.2) is 72.6 Å². The van der Waals surface area contributed by atoms with Crippen LogP contribution < -0.4 is 10.2 Å². The number of aryl methyl sites for hydroxylation is 1. The lowest BCUT2D eigenvalue weighted by Gasteiger charge is -2.35. The highest BCUT2D eigenvalue weighted by Crippen LogP contribution is 2.22. The van der Waals surface area contributed by atoms with Crippen LogP contribution in [0.5, 0.6) is 0 Å². The maximum atomic E-state index is 9.03. The molecular weight excluding hydrogens is 412 g/mol. The Balaban J connectivity index is 0.000000374. The van der Waals surface area contributed by atoms with Crippen molar-refractivity contribution in [3.8, 4) is 0 Å². The summed E-state index contributed by atoms with van der Waals surface area (Å²) in [5.41, 5.74) is 3.99. The van der Waals surface area contributed by atoms with Gasteiger partial charge >= 0.3 is 0 Å². The molecule has 1 aromatic carbocycles. The van der Waals surface area contributed by atoms with Gasteiger partial charge in [-0.15, -0.1) is 0 Å². The van der Waals surface area contributed by atoms with E-state index < -0.39 is 0 Å². The van der Waals surface area contributed by atoms with Gasteiger partial charge in [-0.1, -0.05) is 39.0 Å². The van der Waals surface area contributed by atoms with Crippen LogP contribution in [0, 0.1) is 12.8 Å². The lowest BCUT2D eigenvalue weighted by molar-refractivity contribution is 0.189. The zero-order chi connectivity index (χ0) is 23.5. The van der Waals surface area contributed by atoms with Gasteiger partial charge in [0.05, 0.1) is 12.3 Å². The number of hydrogen-bond donors (Lipinski definition) is 2. The van der Waals surface area contributed by atoms with Gasteiger partial charge in [-0.3, -0.25) is 9.89 Å². The third-order valence-electron chi connectivity index (χ3n) is 6.46. The van der Waals surface area contributed by atoms with E-state index in [1.807, 2.05) is 6.92 Å². The summed E-state index contributed by atoms with van der Waals surface area (Å²) >= 11 is 0. The van der Waals surface area contributed by atoms with Crippen LogP contribution in [0.15, 0.2) is 35.5 Å². The van der Waals surface area contributed by atoms with Gasteiger partial charge in [0.1, 0.15) is 0 Å². The number of aliphatic hydroxyl groups excluding tert-OH is 1. The van der Waals surface area contributed by atoms with E-state index in [9.17, 15) is 0 Å². The van der Waals surface area contributed by atoms with Gasteiger partial charge in [0.25, 0.3) is 0 Å². The number of aromatic nitrogens is 2. The zero-order valence-corrected chi connectivity index (χ0v) is 20.5. The number of benzene rings is 1. The van der Waals surface area contributed by atoms with Crippen LogP contribution in [0.2, 0.25) is 0 Å². The third-order valence-corrected chi connectivity index (χ3v) is 6.46. The Hall–Kier alpha value is -2.51. The average Bonchev–Trinajstić information content (AvgIpc) is 2.83. The van der Waals surface area contributed by atoms with Crippen molar-refractivity contribution in [2.75, 3.05) is 56.6 Å². The topological polar surface area (TPSA) is 76.9 Å². The molecule has 2 N–H and O–H groups in total. The predicted molar refractivity (Wildman–Crippen MR) is 138 cm³/mol. The van der Waals surface area contributed by atoms with Gasteiger partial charge in [-0.25, -0.2) is 9.97 Å². The van der Waals surface area contributed by atoms with E-state index in [0.29, 0.717) is 5.95 Å². The highest BCUT2D eigenvalue weighted by Gasteiger charge is 2.16. The molecule has 0 bridgehead atoms. The molecule has 2 aliphatic rings. The van der Waals surface area contributed by atoms with Crippen molar-refractivity contribution in [3.63, 3.8) is 0 Å². The summed E-state index contributed by atoms with van der Waals surface area (Å²) in [6.07, 6.45) is 11.0. The van der Waals surface area contributed by atoms with Gasteiger partial charge in [0.2, 0.25) is 5.95 Å². The fraction of sp³-hybridized carbons (Fsp3) is 0.577. The summed E-state index contributed by atoms with van der Waals surface area (Å²) in [7, 11) is 1.74. The second-order valence-corrected chi connectivity index (χ2v) is 9.09. The molecule has 7 nitrogen and oxygen atoms in total. The van der Waals surface area contributed by atoms with Gasteiger partial charge in [-0.2, -0.15) is 0 Å². The number of nitrogens with one attached hydrogen (secondary N) is 1. The first-order chi connectivity index (χ1) is 16.1. The maximum absolute atomic E-state index is 9.03. The van der Waals surface area contributed by atoms with Crippen molar-refractivity contribution in [1.82, 2.24) is 14.9 Å². The molecule has 7 heteroatoms. The van der Waals surface area contributed by atoms with Gasteiger partial charge in [-0.05, 0) is 37.1 Å². The summed E-state index contributed by atoms with van der Waals surface area (Å²) in [5.74, 6) is 1.62. The van der Waals surface area contributed by atoms with Crippen LogP contribution in [0.4, 0.5) is 17.3 Å². The molecule has 1 aliphatic heterocycles. The van der Waals surface area contributed by atoms with Crippen LogP contribution >= 0.6 is 0 Å². The molecule has 0 amide bonds. The molecule has 0 radical (unpaired) electrons. The van der Waals surface area contributed by atoms with E-state index in [1.54, 1.807) is 19.5 Å². The van der Waals surface area contributed by atoms with Crippen molar-refractivity contribution in [2.45, 2.75) is 46.0 Å². The van der Waals surface area contributed by atoms with Crippen LogP contribution in [0.3, 0.4) is 0 Å². The molecular formula is C26H40N6O. The molecule has 1 aromatic heterocycles. The van der Waals surface area contributed by atoms with Gasteiger partial charge < -0.3 is 15.3 Å². The predicted octanol–water partition coefficient (Wildman–Crippen LogP) is 4.28. The summed E-state index contributed by atoms with van der Waals surface area (Å²) in [6, 6.07) is 8.34. The average molecular weight is 453 g/mol. The summed E-state index contributed by atoms with van der Waals surface area (Å²) in [6.45, 7) is 9.24. The first-order valence-electron chi connectivity index (χ1n) is 12.3. The van der Waals surface area contributed by atoms with Crippen LogP contribution in [-0.2, 0) is 0 Å². The molecule has 0 atom stereocenters. The van der Waals surface area contributed by atoms with E-state index >= 15 is 0 Å². The molecule has 0 unspecified atom stereocenters. The molecule has 2 heterocycles. The van der Waals surface area contributed by atoms with E-state index in [1.165, 1.54) is 37.8 Å². The van der Waals surface area contributed by atoms with E-state index in [0.717, 1.165) is 55.6 Å². The second-order valence-electron chi connectivity index (χ2n) is 9.09. The zero-order valence-electron chi connectivity index (χ0n) is 20.5. The van der Waals surface area contributed by atoms with Crippen LogP contribution in [0.1, 0.15) is 50.3 Å². The number of hydrogen-bond acceptors (Lipinski definition) is 7. The van der Waals surface area contributed by atoms with Crippen molar-refractivity contribution in [2.24, 2.45) is 10.9 Å². The Kier molecular flexibility index (Phi) is 10.1. The first-order valence-corrected chi connectivity index (χ1v) is 12.3. The summed E-state index contributed by atoms with van der Waals surface area (Å²) in [5, 5.41) is 12.3. The second kappa shape index (κ2) is 13.3. The number of aliphatic imine (C=N–C) groups is 1. The first kappa shape index (κ1) is 25.1. The number of nitrogens with zero attached hydrogens (tertiary/aromatic N) is 5. The Morgan fingerprint density at radius 3 is 2.33 bits per heavy atom. The largest absolute Gasteiger partial charge is 0.395 e. The molecule has 1 saturated carbocycles. The van der Waals surface area contributed by atoms with E-state index in [2.05, 4.69) is 61.3 Å². The monoisotopic (exact) mass is 452 g/mol. The highest BCUT2D eigenvalue weighted by molar-refractivity contribution is 5.80. The van der Waals surface area contributed by atoms with Gasteiger partial charge in [0.15, 0.2) is 0 Å². The molecule has 2 aromatic rings. The summed E-state index contributed by atoms with van der Waals surface area (Å²) < 4.78 is 0. The standard InChI is InChI=1S/C19H26N6O.C7H14/c1-15-16(13-20-2)14-21-19(22-15)23-17-3-5-18(6-4-17)25-9-7-24(8-10-25)11-12-26;1-7-5-3-2-4-6-7/h3-6,13-14,26H,7-12H2,1-2H3,(H,21,22,23);7H,2-6H2,1H3. The van der Waals surface area contributed by atoms with Crippen molar-refractivity contribution in [1.29, 1.82) is 0 Å². The maximum Gasteiger partial charge on any atom is 0.227 e. The quantitative estimate of drug-likeness (QED) is 0.637. The molecule has 2 fully saturated rings.